The molecule has 0 aliphatic rings. The van der Waals surface area contributed by atoms with Gasteiger partial charge in [0.25, 0.3) is 0 Å². The molecule has 0 saturated heterocycles. The van der Waals surface area contributed by atoms with Crippen molar-refractivity contribution in [3.05, 3.63) is 57.6 Å². The highest BCUT2D eigenvalue weighted by atomic mass is 35.5. The van der Waals surface area contributed by atoms with Crippen molar-refractivity contribution in [2.24, 2.45) is 0 Å². The lowest BCUT2D eigenvalue weighted by atomic mass is 10.0. The van der Waals surface area contributed by atoms with Gasteiger partial charge in [0.15, 0.2) is 0 Å². The maximum atomic E-state index is 14.6. The van der Waals surface area contributed by atoms with E-state index in [0.29, 0.717) is 28.9 Å². The lowest BCUT2D eigenvalue weighted by Gasteiger charge is -2.19. The van der Waals surface area contributed by atoms with Gasteiger partial charge >= 0.3 is 6.09 Å². The van der Waals surface area contributed by atoms with Gasteiger partial charge in [0.1, 0.15) is 16.3 Å². The van der Waals surface area contributed by atoms with Gasteiger partial charge in [0, 0.05) is 32.6 Å². The highest BCUT2D eigenvalue weighted by Crippen LogP contribution is 2.29. The number of benzene rings is 1. The van der Waals surface area contributed by atoms with E-state index in [1.807, 2.05) is 0 Å². The van der Waals surface area contributed by atoms with Gasteiger partial charge in [-0.2, -0.15) is 5.10 Å². The van der Waals surface area contributed by atoms with Crippen molar-refractivity contribution >= 4 is 27.7 Å². The highest BCUT2D eigenvalue weighted by Gasteiger charge is 2.23. The zero-order valence-corrected chi connectivity index (χ0v) is 23.2. The third-order valence-corrected chi connectivity index (χ3v) is 7.39. The van der Waals surface area contributed by atoms with Crippen LogP contribution in [-0.2, 0) is 27.7 Å². The molecule has 36 heavy (non-hydrogen) atoms. The molecule has 0 aliphatic heterocycles. The number of rotatable bonds is 9. The number of aryl methyl sites for hydroxylation is 1. The average Bonchev–Trinajstić information content (AvgIpc) is 3.01. The number of allylic oxidation sites excluding steroid dienone is 1. The molecule has 0 spiro atoms. The molecule has 9 nitrogen and oxygen atoms in total. The lowest BCUT2D eigenvalue weighted by molar-refractivity contribution is 0.0534. The summed E-state index contributed by atoms with van der Waals surface area (Å²) >= 11 is 6.27. The molecule has 2 rings (SSSR count). The standard InChI is InChI=1S/C24H34ClFN4O5S/c1-15-19(12-17-8-9-21(20(25)13-17)36(33,34)29(6)7)22(16(2)31)30(28-15)14-18(26)10-11-27-23(32)35-24(3,4)5/h8-10,13,16,31H,11-12,14H2,1-7H3,(H,27,32)/b18-10-. The van der Waals surface area contributed by atoms with Gasteiger partial charge < -0.3 is 15.2 Å². The van der Waals surface area contributed by atoms with Crippen LogP contribution in [0, 0.1) is 6.92 Å². The van der Waals surface area contributed by atoms with E-state index in [-0.39, 0.29) is 23.0 Å². The Morgan fingerprint density at radius 2 is 2.00 bits per heavy atom. The number of ether oxygens (including phenoxy) is 1. The number of amides is 1. The average molecular weight is 545 g/mol. The minimum Gasteiger partial charge on any atom is -0.444 e. The number of halogens is 2. The normalized spacial score (nSPS) is 13.7. The van der Waals surface area contributed by atoms with Crippen LogP contribution in [0.3, 0.4) is 0 Å². The largest absolute Gasteiger partial charge is 0.444 e. The predicted octanol–water partition coefficient (Wildman–Crippen LogP) is 4.12. The predicted molar refractivity (Wildman–Crippen MR) is 136 cm³/mol. The Morgan fingerprint density at radius 3 is 2.53 bits per heavy atom. The summed E-state index contributed by atoms with van der Waals surface area (Å²) in [6.45, 7) is 8.18. The Hall–Kier alpha value is -2.47. The number of sulfonamides is 1. The molecule has 0 fully saturated rings. The molecule has 1 aromatic heterocycles. The first-order valence-corrected chi connectivity index (χ1v) is 13.1. The van der Waals surface area contributed by atoms with E-state index in [2.05, 4.69) is 10.4 Å². The van der Waals surface area contributed by atoms with Gasteiger partial charge in [-0.1, -0.05) is 17.7 Å². The molecule has 12 heteroatoms. The summed E-state index contributed by atoms with van der Waals surface area (Å²) in [6.07, 6.45) is -0.0929. The molecular weight excluding hydrogens is 511 g/mol. The Kier molecular flexibility index (Phi) is 9.69. The maximum Gasteiger partial charge on any atom is 0.407 e. The molecular formula is C24H34ClFN4O5S. The number of nitrogens with zero attached hydrogens (tertiary/aromatic N) is 3. The fourth-order valence-corrected chi connectivity index (χ4v) is 4.91. The van der Waals surface area contributed by atoms with E-state index in [4.69, 9.17) is 16.3 Å². The van der Waals surface area contributed by atoms with Crippen LogP contribution in [0.25, 0.3) is 0 Å². The summed E-state index contributed by atoms with van der Waals surface area (Å²) < 4.78 is 47.0. The Balaban J connectivity index is 2.24. The third kappa shape index (κ3) is 7.76. The van der Waals surface area contributed by atoms with Crippen molar-refractivity contribution in [1.29, 1.82) is 0 Å². The summed E-state index contributed by atoms with van der Waals surface area (Å²) in [5.74, 6) is -0.553. The Bertz CT molecular complexity index is 1230. The van der Waals surface area contributed by atoms with Gasteiger partial charge in [-0.15, -0.1) is 0 Å². The van der Waals surface area contributed by atoms with Crippen molar-refractivity contribution in [1.82, 2.24) is 19.4 Å². The topological polar surface area (TPSA) is 114 Å². The van der Waals surface area contributed by atoms with Gasteiger partial charge in [-0.05, 0) is 58.4 Å². The summed E-state index contributed by atoms with van der Waals surface area (Å²) in [5, 5.41) is 17.4. The fraction of sp³-hybridized carbons (Fsp3) is 0.500. The zero-order chi connectivity index (χ0) is 27.4. The third-order valence-electron chi connectivity index (χ3n) is 5.10. The summed E-state index contributed by atoms with van der Waals surface area (Å²) in [5.41, 5.74) is 1.75. The van der Waals surface area contributed by atoms with Crippen molar-refractivity contribution in [3.63, 3.8) is 0 Å². The highest BCUT2D eigenvalue weighted by molar-refractivity contribution is 7.89. The Labute approximate surface area is 216 Å². The first kappa shape index (κ1) is 29.8. The molecule has 1 aromatic carbocycles. The molecule has 0 saturated carbocycles. The summed E-state index contributed by atoms with van der Waals surface area (Å²) in [7, 11) is -0.848. The maximum absolute atomic E-state index is 14.6. The molecule has 1 heterocycles. The molecule has 1 atom stereocenters. The van der Waals surface area contributed by atoms with Crippen molar-refractivity contribution in [3.8, 4) is 0 Å². The fourth-order valence-electron chi connectivity index (χ4n) is 3.47. The molecule has 0 radical (unpaired) electrons. The van der Waals surface area contributed by atoms with E-state index in [0.717, 1.165) is 4.31 Å². The molecule has 1 amide bonds. The molecule has 1 unspecified atom stereocenters. The molecule has 2 aromatic rings. The summed E-state index contributed by atoms with van der Waals surface area (Å²) in [4.78, 5) is 11.7. The number of carbonyl (C=O) groups is 1. The van der Waals surface area contributed by atoms with Gasteiger partial charge in [0.2, 0.25) is 10.0 Å². The van der Waals surface area contributed by atoms with Crippen LogP contribution in [0.1, 0.15) is 56.3 Å². The SMILES string of the molecule is Cc1nn(C/C(F)=C/CNC(=O)OC(C)(C)C)c(C(C)O)c1Cc1ccc(S(=O)(=O)N(C)C)c(Cl)c1. The number of hydrogen-bond donors (Lipinski definition) is 2. The van der Waals surface area contributed by atoms with Crippen LogP contribution >= 0.6 is 11.6 Å². The van der Waals surface area contributed by atoms with Crippen LogP contribution < -0.4 is 5.32 Å². The summed E-state index contributed by atoms with van der Waals surface area (Å²) in [6, 6.07) is 4.64. The first-order chi connectivity index (χ1) is 16.5. The second-order valence-corrected chi connectivity index (χ2v) is 12.1. The minimum atomic E-state index is -3.70. The smallest absolute Gasteiger partial charge is 0.407 e. The monoisotopic (exact) mass is 544 g/mol. The van der Waals surface area contributed by atoms with Crippen molar-refractivity contribution in [2.75, 3.05) is 20.6 Å². The van der Waals surface area contributed by atoms with Crippen LogP contribution in [0.15, 0.2) is 35.0 Å². The van der Waals surface area contributed by atoms with E-state index < -0.39 is 33.6 Å². The van der Waals surface area contributed by atoms with Crippen molar-refractivity contribution < 1.29 is 27.4 Å². The second-order valence-electron chi connectivity index (χ2n) is 9.55. The quantitative estimate of drug-likeness (QED) is 0.491. The molecule has 0 aliphatic carbocycles. The van der Waals surface area contributed by atoms with Crippen LogP contribution in [-0.4, -0.2) is 59.9 Å². The number of nitrogens with one attached hydrogen (secondary N) is 1. The lowest BCUT2D eigenvalue weighted by Crippen LogP contribution is -2.32. The van der Waals surface area contributed by atoms with Crippen molar-refractivity contribution in [2.45, 2.75) is 64.2 Å². The minimum absolute atomic E-state index is 0.00622. The van der Waals surface area contributed by atoms with Crippen LogP contribution in [0.2, 0.25) is 5.02 Å². The van der Waals surface area contributed by atoms with E-state index in [1.165, 1.54) is 30.9 Å². The van der Waals surface area contributed by atoms with E-state index >= 15 is 0 Å². The van der Waals surface area contributed by atoms with Gasteiger partial charge in [-0.25, -0.2) is 21.9 Å². The number of aliphatic hydroxyl groups is 1. The number of aliphatic hydroxyl groups excluding tert-OH is 1. The van der Waals surface area contributed by atoms with Gasteiger partial charge in [0.05, 0.1) is 29.1 Å². The van der Waals surface area contributed by atoms with Crippen LogP contribution in [0.5, 0.6) is 0 Å². The number of aromatic nitrogens is 2. The first-order valence-electron chi connectivity index (χ1n) is 11.3. The van der Waals surface area contributed by atoms with E-state index in [1.54, 1.807) is 46.8 Å². The zero-order valence-electron chi connectivity index (χ0n) is 21.6. The second kappa shape index (κ2) is 11.7. The molecule has 0 bridgehead atoms. The number of hydrogen-bond acceptors (Lipinski definition) is 6. The van der Waals surface area contributed by atoms with Gasteiger partial charge in [-0.3, -0.25) is 4.68 Å². The molecule has 2 N–H and O–H groups in total. The van der Waals surface area contributed by atoms with Crippen LogP contribution in [0.4, 0.5) is 9.18 Å². The number of carbonyl (C=O) groups excluding carboxylic acids is 1. The van der Waals surface area contributed by atoms with E-state index in [9.17, 15) is 22.7 Å². The number of alkyl carbamates (subject to hydrolysis) is 1. The Morgan fingerprint density at radius 1 is 1.36 bits per heavy atom. The molecule has 200 valence electrons.